The van der Waals surface area contributed by atoms with Gasteiger partial charge in [-0.25, -0.2) is 19.3 Å². The first-order valence-electron chi connectivity index (χ1n) is 10.8. The van der Waals surface area contributed by atoms with Gasteiger partial charge in [0, 0.05) is 37.0 Å². The van der Waals surface area contributed by atoms with Crippen LogP contribution in [0, 0.1) is 5.82 Å². The van der Waals surface area contributed by atoms with Crippen molar-refractivity contribution in [1.82, 2.24) is 15.0 Å². The van der Waals surface area contributed by atoms with Crippen LogP contribution in [0.4, 0.5) is 29.1 Å². The van der Waals surface area contributed by atoms with E-state index in [0.717, 1.165) is 6.07 Å². The molecule has 3 rings (SSSR count). The Kier molecular flexibility index (Phi) is 8.10. The predicted octanol–water partition coefficient (Wildman–Crippen LogP) is 5.02. The Morgan fingerprint density at radius 3 is 2.29 bits per heavy atom. The number of aryl methyl sites for hydroxylation is 1. The highest BCUT2D eigenvalue weighted by Gasteiger charge is 2.33. The quantitative estimate of drug-likeness (QED) is 0.410. The summed E-state index contributed by atoms with van der Waals surface area (Å²) in [5.74, 6) is -1.80. The standard InChI is InChI=1S/C24H23F4N5O2/c1-3-29-21-15(5-11-20(33-21)24(26,27)28)4-10-19(34)14(2)16-12-30-22(31-13-16)23(35)32-18-8-6-17(25)7-9-18/h5-9,11-14H,3-4,10H2,1-2H3,(H,29,33)(H,32,35). The molecule has 1 atom stereocenters. The molecule has 0 aliphatic rings. The summed E-state index contributed by atoms with van der Waals surface area (Å²) in [6.07, 6.45) is -1.54. The highest BCUT2D eigenvalue weighted by Crippen LogP contribution is 2.30. The Bertz CT molecular complexity index is 1180. The van der Waals surface area contributed by atoms with Crippen LogP contribution in [0.5, 0.6) is 0 Å². The van der Waals surface area contributed by atoms with Gasteiger partial charge in [0.15, 0.2) is 0 Å². The number of aromatic nitrogens is 3. The maximum atomic E-state index is 13.0. The molecule has 2 aromatic heterocycles. The molecule has 1 aromatic carbocycles. The summed E-state index contributed by atoms with van der Waals surface area (Å²) in [6, 6.07) is 7.42. The topological polar surface area (TPSA) is 96.9 Å². The molecule has 0 spiro atoms. The number of alkyl halides is 3. The second kappa shape index (κ2) is 11.0. The van der Waals surface area contributed by atoms with Crippen molar-refractivity contribution in [3.8, 4) is 0 Å². The Balaban J connectivity index is 1.62. The number of carbonyl (C=O) groups is 2. The molecule has 7 nitrogen and oxygen atoms in total. The summed E-state index contributed by atoms with van der Waals surface area (Å²) in [4.78, 5) is 36.6. The molecular weight excluding hydrogens is 466 g/mol. The van der Waals surface area contributed by atoms with Gasteiger partial charge in [-0.2, -0.15) is 13.2 Å². The largest absolute Gasteiger partial charge is 0.433 e. The first kappa shape index (κ1) is 25.7. The number of hydrogen-bond acceptors (Lipinski definition) is 6. The predicted molar refractivity (Wildman–Crippen MR) is 122 cm³/mol. The number of amides is 1. The van der Waals surface area contributed by atoms with Crippen LogP contribution in [-0.4, -0.2) is 33.2 Å². The van der Waals surface area contributed by atoms with E-state index in [-0.39, 0.29) is 30.3 Å². The Morgan fingerprint density at radius 1 is 1.03 bits per heavy atom. The van der Waals surface area contributed by atoms with E-state index in [1.165, 1.54) is 42.7 Å². The molecule has 184 valence electrons. The Hall–Kier alpha value is -3.89. The lowest BCUT2D eigenvalue weighted by Crippen LogP contribution is -2.17. The van der Waals surface area contributed by atoms with Crippen molar-refractivity contribution in [2.45, 2.75) is 38.8 Å². The minimum absolute atomic E-state index is 0.0689. The van der Waals surface area contributed by atoms with Gasteiger partial charge in [-0.15, -0.1) is 0 Å². The maximum Gasteiger partial charge on any atom is 0.433 e. The molecule has 1 amide bonds. The van der Waals surface area contributed by atoms with Gasteiger partial charge < -0.3 is 10.6 Å². The van der Waals surface area contributed by atoms with Crippen LogP contribution in [-0.2, 0) is 17.4 Å². The first-order chi connectivity index (χ1) is 16.6. The number of rotatable bonds is 9. The fourth-order valence-corrected chi connectivity index (χ4v) is 3.23. The van der Waals surface area contributed by atoms with E-state index < -0.39 is 29.5 Å². The van der Waals surface area contributed by atoms with Crippen molar-refractivity contribution >= 4 is 23.2 Å². The van der Waals surface area contributed by atoms with Crippen LogP contribution in [0.1, 0.15) is 53.6 Å². The molecule has 0 aliphatic heterocycles. The SMILES string of the molecule is CCNc1nc(C(F)(F)F)ccc1CCC(=O)C(C)c1cnc(C(=O)Nc2ccc(F)cc2)nc1. The van der Waals surface area contributed by atoms with Gasteiger partial charge >= 0.3 is 6.18 Å². The Labute approximate surface area is 199 Å². The highest BCUT2D eigenvalue weighted by molar-refractivity contribution is 6.01. The van der Waals surface area contributed by atoms with E-state index in [4.69, 9.17) is 0 Å². The molecule has 11 heteroatoms. The number of benzene rings is 1. The first-order valence-corrected chi connectivity index (χ1v) is 10.8. The van der Waals surface area contributed by atoms with Crippen molar-refractivity contribution in [2.24, 2.45) is 0 Å². The monoisotopic (exact) mass is 489 g/mol. The summed E-state index contributed by atoms with van der Waals surface area (Å²) in [5, 5.41) is 5.36. The molecule has 1 unspecified atom stereocenters. The molecule has 3 aromatic rings. The van der Waals surface area contributed by atoms with Gasteiger partial charge in [0.1, 0.15) is 23.1 Å². The Morgan fingerprint density at radius 2 is 1.69 bits per heavy atom. The second-order valence-electron chi connectivity index (χ2n) is 7.72. The van der Waals surface area contributed by atoms with Crippen LogP contribution in [0.15, 0.2) is 48.8 Å². The van der Waals surface area contributed by atoms with Gasteiger partial charge in [0.2, 0.25) is 5.82 Å². The molecule has 0 saturated carbocycles. The normalized spacial score (nSPS) is 12.2. The second-order valence-corrected chi connectivity index (χ2v) is 7.72. The molecule has 0 radical (unpaired) electrons. The summed E-state index contributed by atoms with van der Waals surface area (Å²) >= 11 is 0. The zero-order chi connectivity index (χ0) is 25.6. The van der Waals surface area contributed by atoms with Gasteiger partial charge in [-0.3, -0.25) is 9.59 Å². The molecule has 0 fully saturated rings. The van der Waals surface area contributed by atoms with E-state index in [9.17, 15) is 27.2 Å². The van der Waals surface area contributed by atoms with E-state index >= 15 is 0 Å². The molecule has 0 aliphatic carbocycles. The molecule has 2 heterocycles. The minimum Gasteiger partial charge on any atom is -0.370 e. The van der Waals surface area contributed by atoms with Crippen molar-refractivity contribution < 1.29 is 27.2 Å². The molecule has 0 bridgehead atoms. The summed E-state index contributed by atoms with van der Waals surface area (Å²) in [6.45, 7) is 3.78. The molecule has 0 saturated heterocycles. The fourth-order valence-electron chi connectivity index (χ4n) is 3.23. The number of hydrogen-bond donors (Lipinski definition) is 2. The third-order valence-corrected chi connectivity index (χ3v) is 5.21. The average Bonchev–Trinajstić information content (AvgIpc) is 2.83. The summed E-state index contributed by atoms with van der Waals surface area (Å²) in [7, 11) is 0. The number of carbonyl (C=O) groups excluding carboxylic acids is 2. The summed E-state index contributed by atoms with van der Waals surface area (Å²) < 4.78 is 51.8. The number of anilines is 2. The number of pyridine rings is 1. The average molecular weight is 489 g/mol. The molecule has 2 N–H and O–H groups in total. The van der Waals surface area contributed by atoms with Crippen LogP contribution < -0.4 is 10.6 Å². The third-order valence-electron chi connectivity index (χ3n) is 5.21. The molecule has 35 heavy (non-hydrogen) atoms. The van der Waals surface area contributed by atoms with E-state index in [1.807, 2.05) is 0 Å². The van der Waals surface area contributed by atoms with Crippen LogP contribution in [0.3, 0.4) is 0 Å². The van der Waals surface area contributed by atoms with Crippen molar-refractivity contribution in [3.63, 3.8) is 0 Å². The number of ketones is 1. The highest BCUT2D eigenvalue weighted by atomic mass is 19.4. The van der Waals surface area contributed by atoms with Gasteiger partial charge in [0.25, 0.3) is 5.91 Å². The van der Waals surface area contributed by atoms with E-state index in [0.29, 0.717) is 23.4 Å². The summed E-state index contributed by atoms with van der Waals surface area (Å²) in [5.41, 5.74) is 0.371. The van der Waals surface area contributed by atoms with Crippen LogP contribution >= 0.6 is 0 Å². The van der Waals surface area contributed by atoms with Gasteiger partial charge in [-0.05, 0) is 54.8 Å². The third kappa shape index (κ3) is 6.81. The zero-order valence-corrected chi connectivity index (χ0v) is 19.0. The van der Waals surface area contributed by atoms with Gasteiger partial charge in [0.05, 0.1) is 0 Å². The lowest BCUT2D eigenvalue weighted by Gasteiger charge is -2.14. The van der Waals surface area contributed by atoms with E-state index in [2.05, 4.69) is 25.6 Å². The minimum atomic E-state index is -4.56. The lowest BCUT2D eigenvalue weighted by molar-refractivity contribution is -0.141. The number of Topliss-reactive ketones (excluding diaryl/α,β-unsaturated/α-hetero) is 1. The van der Waals surface area contributed by atoms with E-state index in [1.54, 1.807) is 13.8 Å². The van der Waals surface area contributed by atoms with Crippen molar-refractivity contribution in [1.29, 1.82) is 0 Å². The van der Waals surface area contributed by atoms with Crippen LogP contribution in [0.25, 0.3) is 0 Å². The zero-order valence-electron chi connectivity index (χ0n) is 19.0. The number of nitrogens with zero attached hydrogens (tertiary/aromatic N) is 3. The van der Waals surface area contributed by atoms with Crippen molar-refractivity contribution in [2.75, 3.05) is 17.2 Å². The maximum absolute atomic E-state index is 13.0. The van der Waals surface area contributed by atoms with Crippen molar-refractivity contribution in [3.05, 3.63) is 77.3 Å². The van der Waals surface area contributed by atoms with Crippen LogP contribution in [0.2, 0.25) is 0 Å². The fraction of sp³-hybridized carbons (Fsp3) is 0.292. The lowest BCUT2D eigenvalue weighted by atomic mass is 9.95. The van der Waals surface area contributed by atoms with Gasteiger partial charge in [-0.1, -0.05) is 13.0 Å². The number of halogens is 4. The number of nitrogens with one attached hydrogen (secondary N) is 2. The smallest absolute Gasteiger partial charge is 0.370 e. The molecular formula is C24H23F4N5O2.